The molecule has 4 N–H and O–H groups in total. The second-order valence-corrected chi connectivity index (χ2v) is 18.4. The summed E-state index contributed by atoms with van der Waals surface area (Å²) in [4.78, 5) is 46.1. The number of aliphatic carboxylic acids is 1. The molecule has 3 unspecified atom stereocenters. The third-order valence-corrected chi connectivity index (χ3v) is 11.6. The lowest BCUT2D eigenvalue weighted by atomic mass is 10.0. The Labute approximate surface area is 401 Å². The van der Waals surface area contributed by atoms with Crippen molar-refractivity contribution in [3.05, 3.63) is 85.1 Å². The maximum absolute atomic E-state index is 12.3. The molecule has 0 radical (unpaired) electrons. The summed E-state index contributed by atoms with van der Waals surface area (Å²) in [6, 6.07) is -1.57. The molecule has 0 aliphatic rings. The molecule has 12 heteroatoms. The third kappa shape index (κ3) is 47.2. The zero-order chi connectivity index (χ0) is 48.4. The van der Waals surface area contributed by atoms with Gasteiger partial charge in [-0.3, -0.25) is 18.6 Å². The van der Waals surface area contributed by atoms with E-state index in [1.54, 1.807) is 0 Å². The van der Waals surface area contributed by atoms with Crippen LogP contribution in [-0.2, 0) is 32.7 Å². The van der Waals surface area contributed by atoms with E-state index in [1.165, 1.54) is 89.9 Å². The molecule has 378 valence electrons. The third-order valence-electron chi connectivity index (χ3n) is 10.7. The number of aliphatic hydroxyl groups is 1. The van der Waals surface area contributed by atoms with E-state index in [0.717, 1.165) is 77.0 Å². The molecule has 0 heterocycles. The van der Waals surface area contributed by atoms with Crippen molar-refractivity contribution in [2.75, 3.05) is 19.8 Å². The van der Waals surface area contributed by atoms with Gasteiger partial charge in [0.25, 0.3) is 0 Å². The molecule has 0 spiro atoms. The molecule has 11 nitrogen and oxygen atoms in total. The summed E-state index contributed by atoms with van der Waals surface area (Å²) in [6.45, 7) is 2.44. The quantitative estimate of drug-likeness (QED) is 0.0199. The number of allylic oxidation sites excluding steroid dienone is 14. The van der Waals surface area contributed by atoms with Gasteiger partial charge in [0.1, 0.15) is 12.7 Å². The summed E-state index contributed by atoms with van der Waals surface area (Å²) < 4.78 is 26.9. The number of phosphoric ester groups is 1. The predicted molar refractivity (Wildman–Crippen MR) is 272 cm³/mol. The number of carbonyl (C=O) groups is 3. The SMILES string of the molecule is CC/C=C\C/C=C\C/C=C\C/C=C\C/C=C\CCCCCC(=O)NC(COP(=O)(O)OCC(O)COC(=O)CCCCCCCCCCCCCCC/C=C\C/C=C\CCCCC)C(=O)O. The van der Waals surface area contributed by atoms with Gasteiger partial charge in [-0.2, -0.15) is 0 Å². The standard InChI is InChI=1S/C54H92NO10P/c1-3-5-7-9-11-13-15-17-19-21-23-24-25-26-28-30-32-34-36-38-40-42-44-46-53(58)63-47-50(56)48-64-66(61,62)65-49-51(54(59)60)55-52(57)45-43-41-39-37-35-33-31-29-27-22-20-18-16-14-12-10-8-6-4-2/h6,8,11-14,17-20,27,29,33,35,50-51,56H,3-5,7,9-10,15-16,21-26,28,30-32,34,36-49H2,1-2H3,(H,55,57)(H,59,60)(H,61,62)/b8-6-,13-11-,14-12-,19-17-,20-18-,29-27-,35-33-. The molecule has 0 aromatic carbocycles. The van der Waals surface area contributed by atoms with Gasteiger partial charge < -0.3 is 25.2 Å². The van der Waals surface area contributed by atoms with Crippen LogP contribution >= 0.6 is 7.82 Å². The molecule has 0 fully saturated rings. The van der Waals surface area contributed by atoms with Crippen molar-refractivity contribution in [2.45, 2.75) is 219 Å². The number of nitrogens with one attached hydrogen (secondary N) is 1. The van der Waals surface area contributed by atoms with Crippen molar-refractivity contribution in [3.8, 4) is 0 Å². The lowest BCUT2D eigenvalue weighted by Crippen LogP contribution is -2.43. The highest BCUT2D eigenvalue weighted by Gasteiger charge is 2.28. The van der Waals surface area contributed by atoms with E-state index in [2.05, 4.69) is 104 Å². The first-order chi connectivity index (χ1) is 32.1. The Balaban J connectivity index is 3.87. The molecular formula is C54H92NO10P. The average molecular weight is 946 g/mol. The van der Waals surface area contributed by atoms with Crippen LogP contribution in [0.15, 0.2) is 85.1 Å². The van der Waals surface area contributed by atoms with Gasteiger partial charge in [0.15, 0.2) is 6.04 Å². The number of ether oxygens (including phenoxy) is 1. The van der Waals surface area contributed by atoms with Crippen molar-refractivity contribution < 1.29 is 47.8 Å². The predicted octanol–water partition coefficient (Wildman–Crippen LogP) is 14.2. The molecule has 0 aliphatic heterocycles. The van der Waals surface area contributed by atoms with Crippen molar-refractivity contribution in [1.29, 1.82) is 0 Å². The minimum Gasteiger partial charge on any atom is -0.480 e. The summed E-state index contributed by atoms with van der Waals surface area (Å²) in [7, 11) is -4.78. The second-order valence-electron chi connectivity index (χ2n) is 17.0. The summed E-state index contributed by atoms with van der Waals surface area (Å²) in [5.41, 5.74) is 0. The summed E-state index contributed by atoms with van der Waals surface area (Å²) >= 11 is 0. The number of aliphatic hydroxyl groups excluding tert-OH is 1. The van der Waals surface area contributed by atoms with Crippen molar-refractivity contribution in [2.24, 2.45) is 0 Å². The lowest BCUT2D eigenvalue weighted by Gasteiger charge is -2.18. The highest BCUT2D eigenvalue weighted by Crippen LogP contribution is 2.43. The summed E-state index contributed by atoms with van der Waals surface area (Å²) in [6.07, 6.45) is 60.3. The monoisotopic (exact) mass is 946 g/mol. The topological polar surface area (TPSA) is 169 Å². The van der Waals surface area contributed by atoms with E-state index in [9.17, 15) is 34.1 Å². The van der Waals surface area contributed by atoms with Crippen molar-refractivity contribution in [1.82, 2.24) is 5.32 Å². The highest BCUT2D eigenvalue weighted by molar-refractivity contribution is 7.47. The van der Waals surface area contributed by atoms with Crippen LogP contribution in [0.2, 0.25) is 0 Å². The maximum atomic E-state index is 12.3. The van der Waals surface area contributed by atoms with Crippen LogP contribution in [0, 0.1) is 0 Å². The molecule has 0 aromatic rings. The van der Waals surface area contributed by atoms with Crippen LogP contribution in [-0.4, -0.2) is 64.9 Å². The Bertz CT molecular complexity index is 1440. The number of hydrogen-bond donors (Lipinski definition) is 4. The molecule has 66 heavy (non-hydrogen) atoms. The number of carbonyl (C=O) groups excluding carboxylic acids is 2. The Morgan fingerprint density at radius 3 is 1.33 bits per heavy atom. The van der Waals surface area contributed by atoms with Gasteiger partial charge in [-0.25, -0.2) is 9.36 Å². The Kier molecular flexibility index (Phi) is 45.7. The molecule has 0 saturated carbocycles. The first-order valence-corrected chi connectivity index (χ1v) is 27.1. The van der Waals surface area contributed by atoms with Gasteiger partial charge in [-0.15, -0.1) is 0 Å². The highest BCUT2D eigenvalue weighted by atomic mass is 31.2. The lowest BCUT2D eigenvalue weighted by molar-refractivity contribution is -0.147. The average Bonchev–Trinajstić information content (AvgIpc) is 3.29. The van der Waals surface area contributed by atoms with Crippen LogP contribution in [0.25, 0.3) is 0 Å². The Hall–Kier alpha value is -3.34. The van der Waals surface area contributed by atoms with E-state index in [0.29, 0.717) is 12.8 Å². The number of phosphoric acid groups is 1. The van der Waals surface area contributed by atoms with Gasteiger partial charge in [0, 0.05) is 12.8 Å². The van der Waals surface area contributed by atoms with Crippen LogP contribution in [0.5, 0.6) is 0 Å². The van der Waals surface area contributed by atoms with E-state index in [1.807, 2.05) is 0 Å². The second kappa shape index (κ2) is 48.1. The number of rotatable bonds is 47. The first-order valence-electron chi connectivity index (χ1n) is 25.6. The molecule has 0 aromatic heterocycles. The number of amides is 1. The van der Waals surface area contributed by atoms with Crippen LogP contribution < -0.4 is 5.32 Å². The van der Waals surface area contributed by atoms with Gasteiger partial charge in [0.05, 0.1) is 13.2 Å². The molecule has 1 amide bonds. The Morgan fingerprint density at radius 1 is 0.500 bits per heavy atom. The van der Waals surface area contributed by atoms with Crippen molar-refractivity contribution in [3.63, 3.8) is 0 Å². The molecule has 3 atom stereocenters. The fraction of sp³-hybridized carbons (Fsp3) is 0.685. The van der Waals surface area contributed by atoms with Crippen LogP contribution in [0.4, 0.5) is 0 Å². The van der Waals surface area contributed by atoms with Gasteiger partial charge in [-0.1, -0.05) is 189 Å². The van der Waals surface area contributed by atoms with Gasteiger partial charge in [0.2, 0.25) is 5.91 Å². The van der Waals surface area contributed by atoms with E-state index in [4.69, 9.17) is 13.8 Å². The van der Waals surface area contributed by atoms with Crippen LogP contribution in [0.1, 0.15) is 206 Å². The van der Waals surface area contributed by atoms with E-state index < -0.39 is 57.6 Å². The van der Waals surface area contributed by atoms with E-state index in [-0.39, 0.29) is 12.8 Å². The number of carboxylic acid groups (broad SMARTS) is 1. The first kappa shape index (κ1) is 62.7. The molecule has 0 saturated heterocycles. The maximum Gasteiger partial charge on any atom is 0.472 e. The number of carboxylic acids is 1. The molecular weight excluding hydrogens is 854 g/mol. The number of esters is 1. The van der Waals surface area contributed by atoms with Gasteiger partial charge >= 0.3 is 19.8 Å². The summed E-state index contributed by atoms with van der Waals surface area (Å²) in [5.74, 6) is -2.42. The normalized spacial score (nSPS) is 14.2. The molecule has 0 rings (SSSR count). The number of hydrogen-bond acceptors (Lipinski definition) is 8. The zero-order valence-electron chi connectivity index (χ0n) is 41.2. The smallest absolute Gasteiger partial charge is 0.472 e. The minimum absolute atomic E-state index is 0.102. The summed E-state index contributed by atoms with van der Waals surface area (Å²) in [5, 5.41) is 21.9. The van der Waals surface area contributed by atoms with Crippen LogP contribution in [0.3, 0.4) is 0 Å². The fourth-order valence-corrected chi connectivity index (χ4v) is 7.50. The van der Waals surface area contributed by atoms with Gasteiger partial charge in [-0.05, 0) is 89.9 Å². The minimum atomic E-state index is -4.78. The zero-order valence-corrected chi connectivity index (χ0v) is 42.1. The fourth-order valence-electron chi connectivity index (χ4n) is 6.72. The molecule has 0 bridgehead atoms. The van der Waals surface area contributed by atoms with E-state index >= 15 is 0 Å². The largest absolute Gasteiger partial charge is 0.480 e. The van der Waals surface area contributed by atoms with Crippen molar-refractivity contribution >= 4 is 25.7 Å². The number of unbranched alkanes of at least 4 members (excludes halogenated alkanes) is 19. The Morgan fingerprint density at radius 2 is 0.879 bits per heavy atom. The molecule has 0 aliphatic carbocycles.